The van der Waals surface area contributed by atoms with Gasteiger partial charge in [-0.15, -0.1) is 0 Å². The number of aryl methyl sites for hydroxylation is 1. The summed E-state index contributed by atoms with van der Waals surface area (Å²) in [7, 11) is 4.56. The minimum Gasteiger partial charge on any atom is -1.00 e. The fourth-order valence-electron chi connectivity index (χ4n) is 3.93. The molecule has 0 fully saturated rings. The molecule has 0 radical (unpaired) electrons. The SMILES string of the molecule is CCC[n+]1cc(Br)cc(C(=O)NCCN(C(=O)OCCOc2cc(OC)c(OC)c(OC)c2)c2ccccc2)c1.[I-]. The summed E-state index contributed by atoms with van der Waals surface area (Å²) in [5.74, 6) is 1.60. The molecule has 1 heterocycles. The Kier molecular flexibility index (Phi) is 14.5. The smallest absolute Gasteiger partial charge is 0.414 e. The average molecular weight is 744 g/mol. The molecule has 0 aliphatic rings. The van der Waals surface area contributed by atoms with E-state index in [1.807, 2.05) is 29.0 Å². The van der Waals surface area contributed by atoms with Crippen LogP contribution in [0.1, 0.15) is 23.7 Å². The second-order valence-electron chi connectivity index (χ2n) is 8.55. The van der Waals surface area contributed by atoms with E-state index < -0.39 is 6.09 Å². The Bertz CT molecular complexity index is 1260. The number of rotatable bonds is 14. The summed E-state index contributed by atoms with van der Waals surface area (Å²) in [5.41, 5.74) is 1.18. The first-order valence-electron chi connectivity index (χ1n) is 12.8. The van der Waals surface area contributed by atoms with Gasteiger partial charge in [0.1, 0.15) is 31.1 Å². The molecule has 1 aromatic heterocycles. The van der Waals surface area contributed by atoms with Gasteiger partial charge in [0.25, 0.3) is 5.91 Å². The van der Waals surface area contributed by atoms with E-state index in [-0.39, 0.29) is 56.2 Å². The fourth-order valence-corrected chi connectivity index (χ4v) is 4.44. The summed E-state index contributed by atoms with van der Waals surface area (Å²) in [6, 6.07) is 14.2. The standard InChI is InChI=1S/C29H34BrN3O7.HI/c1-5-12-32-19-21(16-22(30)20-32)28(34)31-11-13-33(23-9-7-6-8-10-23)29(35)40-15-14-39-24-17-25(36-2)27(38-4)26(18-24)37-3;/h6-10,16-20H,5,11-15H2,1-4H3;1H. The minimum absolute atomic E-state index is 0. The van der Waals surface area contributed by atoms with Crippen LogP contribution in [-0.4, -0.2) is 59.6 Å². The molecule has 10 nitrogen and oxygen atoms in total. The fraction of sp³-hybridized carbons (Fsp3) is 0.345. The molecule has 0 saturated heterocycles. The third-order valence-electron chi connectivity index (χ3n) is 5.76. The van der Waals surface area contributed by atoms with Crippen LogP contribution in [0.2, 0.25) is 0 Å². The van der Waals surface area contributed by atoms with E-state index in [0.717, 1.165) is 17.4 Å². The van der Waals surface area contributed by atoms with Crippen LogP contribution in [0, 0.1) is 0 Å². The first-order valence-corrected chi connectivity index (χ1v) is 13.6. The van der Waals surface area contributed by atoms with Gasteiger partial charge in [-0.25, -0.2) is 9.36 Å². The number of hydrogen-bond acceptors (Lipinski definition) is 7. The zero-order valence-corrected chi connectivity index (χ0v) is 27.3. The molecule has 3 rings (SSSR count). The monoisotopic (exact) mass is 743 g/mol. The van der Waals surface area contributed by atoms with Crippen LogP contribution in [0.25, 0.3) is 0 Å². The molecule has 2 amide bonds. The van der Waals surface area contributed by atoms with Crippen molar-refractivity contribution in [3.63, 3.8) is 0 Å². The van der Waals surface area contributed by atoms with Crippen LogP contribution in [0.3, 0.4) is 0 Å². The summed E-state index contributed by atoms with van der Waals surface area (Å²) < 4.78 is 30.0. The predicted molar refractivity (Wildman–Crippen MR) is 154 cm³/mol. The van der Waals surface area contributed by atoms with E-state index in [9.17, 15) is 9.59 Å². The number of amides is 2. The van der Waals surface area contributed by atoms with Crippen molar-refractivity contribution in [2.75, 3.05) is 52.5 Å². The number of aromatic nitrogens is 1. The zero-order chi connectivity index (χ0) is 28.9. The quantitative estimate of drug-likeness (QED) is 0.152. The molecule has 2 aromatic carbocycles. The van der Waals surface area contributed by atoms with Gasteiger partial charge >= 0.3 is 6.09 Å². The van der Waals surface area contributed by atoms with Gasteiger partial charge in [0.2, 0.25) is 5.75 Å². The molecule has 0 saturated carbocycles. The Morgan fingerprint density at radius 3 is 2.24 bits per heavy atom. The zero-order valence-electron chi connectivity index (χ0n) is 23.5. The lowest BCUT2D eigenvalue weighted by molar-refractivity contribution is -0.697. The molecule has 1 N–H and O–H groups in total. The van der Waals surface area contributed by atoms with Gasteiger partial charge in [0, 0.05) is 37.3 Å². The number of carbonyl (C=O) groups is 2. The van der Waals surface area contributed by atoms with Crippen LogP contribution in [0.5, 0.6) is 23.0 Å². The van der Waals surface area contributed by atoms with Crippen molar-refractivity contribution in [3.8, 4) is 23.0 Å². The number of carbonyl (C=O) groups excluding carboxylic acids is 2. The Balaban J connectivity index is 0.00000588. The molecule has 0 aliphatic heterocycles. The number of anilines is 1. The number of pyridine rings is 1. The van der Waals surface area contributed by atoms with E-state index in [1.165, 1.54) is 26.2 Å². The number of methoxy groups -OCH3 is 3. The third-order valence-corrected chi connectivity index (χ3v) is 6.19. The molecule has 0 atom stereocenters. The van der Waals surface area contributed by atoms with E-state index in [2.05, 4.69) is 28.2 Å². The highest BCUT2D eigenvalue weighted by atomic mass is 127. The summed E-state index contributed by atoms with van der Waals surface area (Å²) in [5, 5.41) is 2.89. The van der Waals surface area contributed by atoms with Crippen molar-refractivity contribution in [1.82, 2.24) is 5.32 Å². The van der Waals surface area contributed by atoms with Gasteiger partial charge in [-0.3, -0.25) is 9.69 Å². The molecule has 222 valence electrons. The van der Waals surface area contributed by atoms with Crippen molar-refractivity contribution >= 4 is 33.6 Å². The lowest BCUT2D eigenvalue weighted by atomic mass is 10.2. The van der Waals surface area contributed by atoms with Crippen LogP contribution in [0.4, 0.5) is 10.5 Å². The normalized spacial score (nSPS) is 10.2. The third kappa shape index (κ3) is 9.95. The van der Waals surface area contributed by atoms with E-state index in [1.54, 1.807) is 36.5 Å². The van der Waals surface area contributed by atoms with Crippen molar-refractivity contribution in [2.24, 2.45) is 0 Å². The lowest BCUT2D eigenvalue weighted by Gasteiger charge is -2.22. The molecule has 41 heavy (non-hydrogen) atoms. The van der Waals surface area contributed by atoms with Gasteiger partial charge in [-0.2, -0.15) is 0 Å². The minimum atomic E-state index is -0.558. The Labute approximate surface area is 266 Å². The Morgan fingerprint density at radius 2 is 1.63 bits per heavy atom. The maximum atomic E-state index is 13.0. The number of nitrogens with one attached hydrogen (secondary N) is 1. The summed E-state index contributed by atoms with van der Waals surface area (Å²) in [6.45, 7) is 3.42. The highest BCUT2D eigenvalue weighted by molar-refractivity contribution is 9.10. The molecule has 0 aliphatic carbocycles. The molecular formula is C29H35BrIN3O7. The van der Waals surface area contributed by atoms with Crippen LogP contribution >= 0.6 is 15.9 Å². The number of nitrogens with zero attached hydrogens (tertiary/aromatic N) is 2. The van der Waals surface area contributed by atoms with Crippen molar-refractivity contribution in [1.29, 1.82) is 0 Å². The van der Waals surface area contributed by atoms with Crippen LogP contribution in [0.15, 0.2) is 65.4 Å². The molecule has 0 bridgehead atoms. The lowest BCUT2D eigenvalue weighted by Crippen LogP contribution is -3.00. The average Bonchev–Trinajstić information content (AvgIpc) is 2.97. The highest BCUT2D eigenvalue weighted by Gasteiger charge is 2.19. The summed E-state index contributed by atoms with van der Waals surface area (Å²) in [4.78, 5) is 27.3. The maximum Gasteiger partial charge on any atom is 0.414 e. The van der Waals surface area contributed by atoms with Crippen molar-refractivity contribution in [3.05, 3.63) is 71.0 Å². The first kappa shape index (κ1) is 33.9. The van der Waals surface area contributed by atoms with Gasteiger partial charge in [-0.1, -0.05) is 25.1 Å². The van der Waals surface area contributed by atoms with Gasteiger partial charge < -0.3 is 53.0 Å². The topological polar surface area (TPSA) is 99.4 Å². The number of halogens is 2. The second-order valence-corrected chi connectivity index (χ2v) is 9.46. The van der Waals surface area contributed by atoms with Crippen molar-refractivity contribution < 1.29 is 61.8 Å². The Hall–Kier alpha value is -3.26. The number of hydrogen-bond donors (Lipinski definition) is 1. The number of benzene rings is 2. The van der Waals surface area contributed by atoms with Gasteiger partial charge in [0.05, 0.1) is 25.8 Å². The molecule has 3 aromatic rings. The van der Waals surface area contributed by atoms with Crippen LogP contribution in [-0.2, 0) is 11.3 Å². The molecule has 0 unspecified atom stereocenters. The molecule has 0 spiro atoms. The van der Waals surface area contributed by atoms with Gasteiger partial charge in [0.15, 0.2) is 23.9 Å². The predicted octanol–water partition coefficient (Wildman–Crippen LogP) is 1.63. The highest BCUT2D eigenvalue weighted by Crippen LogP contribution is 2.40. The van der Waals surface area contributed by atoms with E-state index in [0.29, 0.717) is 34.2 Å². The Morgan fingerprint density at radius 1 is 0.951 bits per heavy atom. The van der Waals surface area contributed by atoms with Gasteiger partial charge in [-0.05, 0) is 34.1 Å². The van der Waals surface area contributed by atoms with Crippen molar-refractivity contribution in [2.45, 2.75) is 19.9 Å². The molecular weight excluding hydrogens is 709 g/mol. The first-order chi connectivity index (χ1) is 19.4. The van der Waals surface area contributed by atoms with Crippen LogP contribution < -0.4 is 57.7 Å². The number of ether oxygens (including phenoxy) is 5. The largest absolute Gasteiger partial charge is 1.00 e. The summed E-state index contributed by atoms with van der Waals surface area (Å²) in [6.07, 6.45) is 4.13. The van der Waals surface area contributed by atoms with E-state index in [4.69, 9.17) is 23.7 Å². The van der Waals surface area contributed by atoms with E-state index >= 15 is 0 Å². The number of para-hydroxylation sites is 1. The second kappa shape index (κ2) is 17.5. The molecule has 12 heteroatoms. The maximum absolute atomic E-state index is 13.0. The summed E-state index contributed by atoms with van der Waals surface area (Å²) >= 11 is 3.46.